The third-order valence-corrected chi connectivity index (χ3v) is 4.15. The lowest BCUT2D eigenvalue weighted by Gasteiger charge is -2.20. The number of fused-ring (bicyclic) bond motifs is 1. The minimum Gasteiger partial charge on any atom is -0.497 e. The van der Waals surface area contributed by atoms with Gasteiger partial charge >= 0.3 is 5.97 Å². The first-order chi connectivity index (χ1) is 13.8. The normalized spacial score (nSPS) is 11.2. The molecule has 6 heteroatoms. The van der Waals surface area contributed by atoms with Gasteiger partial charge in [-0.05, 0) is 45.0 Å². The van der Waals surface area contributed by atoms with E-state index in [1.165, 1.54) is 0 Å². The van der Waals surface area contributed by atoms with Crippen molar-refractivity contribution >= 4 is 16.9 Å². The van der Waals surface area contributed by atoms with Gasteiger partial charge in [-0.2, -0.15) is 0 Å². The van der Waals surface area contributed by atoms with E-state index in [0.717, 1.165) is 22.2 Å². The van der Waals surface area contributed by atoms with Crippen LogP contribution < -0.4 is 14.2 Å². The highest BCUT2D eigenvalue weighted by molar-refractivity contribution is 5.86. The Kier molecular flexibility index (Phi) is 5.92. The summed E-state index contributed by atoms with van der Waals surface area (Å²) in [6.07, 6.45) is 1.81. The molecule has 2 aromatic carbocycles. The lowest BCUT2D eigenvalue weighted by molar-refractivity contribution is -0.153. The van der Waals surface area contributed by atoms with Crippen LogP contribution in [0.4, 0.5) is 0 Å². The highest BCUT2D eigenvalue weighted by Gasteiger charge is 2.18. The summed E-state index contributed by atoms with van der Waals surface area (Å²) in [5.41, 5.74) is 0.979. The second kappa shape index (κ2) is 8.39. The molecule has 29 heavy (non-hydrogen) atoms. The van der Waals surface area contributed by atoms with E-state index in [0.29, 0.717) is 17.2 Å². The van der Waals surface area contributed by atoms with Crippen molar-refractivity contribution in [2.24, 2.45) is 0 Å². The fourth-order valence-electron chi connectivity index (χ4n) is 2.91. The molecule has 6 nitrogen and oxygen atoms in total. The molecule has 1 aromatic heterocycles. The third-order valence-electron chi connectivity index (χ3n) is 4.15. The van der Waals surface area contributed by atoms with Crippen LogP contribution in [0.1, 0.15) is 26.3 Å². The summed E-state index contributed by atoms with van der Waals surface area (Å²) in [6.45, 7) is 5.52. The zero-order valence-electron chi connectivity index (χ0n) is 17.3. The molecule has 0 unspecified atom stereocenters. The average molecular weight is 395 g/mol. The minimum absolute atomic E-state index is 0.124. The molecular formula is C23H25NO5. The highest BCUT2D eigenvalue weighted by Crippen LogP contribution is 2.33. The van der Waals surface area contributed by atoms with Crippen LogP contribution in [-0.2, 0) is 16.0 Å². The van der Waals surface area contributed by atoms with E-state index in [9.17, 15) is 4.79 Å². The first-order valence-corrected chi connectivity index (χ1v) is 9.28. The number of pyridine rings is 1. The summed E-state index contributed by atoms with van der Waals surface area (Å²) in [7, 11) is 3.18. The number of benzene rings is 2. The molecule has 0 N–H and O–H groups in total. The molecule has 0 aliphatic rings. The van der Waals surface area contributed by atoms with Crippen LogP contribution >= 0.6 is 0 Å². The molecule has 0 atom stereocenters. The molecule has 0 spiro atoms. The van der Waals surface area contributed by atoms with E-state index >= 15 is 0 Å². The minimum atomic E-state index is -0.529. The van der Waals surface area contributed by atoms with E-state index in [-0.39, 0.29) is 12.4 Å². The van der Waals surface area contributed by atoms with Crippen LogP contribution in [-0.4, -0.2) is 30.8 Å². The van der Waals surface area contributed by atoms with Gasteiger partial charge in [-0.15, -0.1) is 0 Å². The van der Waals surface area contributed by atoms with Gasteiger partial charge in [0.25, 0.3) is 0 Å². The van der Waals surface area contributed by atoms with E-state index in [2.05, 4.69) is 4.98 Å². The third kappa shape index (κ3) is 5.16. The maximum absolute atomic E-state index is 12.1. The number of carbonyl (C=O) groups is 1. The topological polar surface area (TPSA) is 66.9 Å². The Morgan fingerprint density at radius 3 is 2.38 bits per heavy atom. The number of hydrogen-bond acceptors (Lipinski definition) is 6. The van der Waals surface area contributed by atoms with E-state index in [1.807, 2.05) is 45.0 Å². The van der Waals surface area contributed by atoms with Gasteiger partial charge in [0.05, 0.1) is 26.2 Å². The van der Waals surface area contributed by atoms with Crippen molar-refractivity contribution < 1.29 is 23.7 Å². The Hall–Kier alpha value is -3.28. The monoisotopic (exact) mass is 395 g/mol. The van der Waals surface area contributed by atoms with Gasteiger partial charge in [-0.25, -0.2) is 0 Å². The molecule has 0 fully saturated rings. The van der Waals surface area contributed by atoms with Crippen molar-refractivity contribution in [3.63, 3.8) is 0 Å². The predicted molar refractivity (Wildman–Crippen MR) is 111 cm³/mol. The largest absolute Gasteiger partial charge is 0.497 e. The second-order valence-corrected chi connectivity index (χ2v) is 7.53. The molecule has 0 saturated carbocycles. The maximum atomic E-state index is 12.1. The van der Waals surface area contributed by atoms with Gasteiger partial charge in [0.1, 0.15) is 28.6 Å². The van der Waals surface area contributed by atoms with E-state index in [4.69, 9.17) is 18.9 Å². The van der Waals surface area contributed by atoms with Crippen LogP contribution in [0.2, 0.25) is 0 Å². The van der Waals surface area contributed by atoms with Gasteiger partial charge in [0, 0.05) is 29.3 Å². The second-order valence-electron chi connectivity index (χ2n) is 7.53. The quantitative estimate of drug-likeness (QED) is 0.552. The summed E-state index contributed by atoms with van der Waals surface area (Å²) in [4.78, 5) is 16.5. The first kappa shape index (κ1) is 20.5. The number of methoxy groups -OCH3 is 2. The Labute approximate surface area is 170 Å². The molecule has 0 saturated heterocycles. The summed E-state index contributed by atoms with van der Waals surface area (Å²) in [5, 5.41) is 0.866. The van der Waals surface area contributed by atoms with Crippen molar-refractivity contribution in [2.45, 2.75) is 32.8 Å². The molecule has 0 bridgehead atoms. The number of ether oxygens (including phenoxy) is 4. The standard InChI is InChI=1S/C23H25NO5/c1-23(2,3)29-22(25)12-15-6-7-17(14-21(15)27-5)28-20-10-11-24-19-13-16(26-4)8-9-18(19)20/h6-11,13-14H,12H2,1-5H3. The number of carbonyl (C=O) groups excluding carboxylic acids is 1. The van der Waals surface area contributed by atoms with Crippen LogP contribution in [0, 0.1) is 0 Å². The molecule has 152 valence electrons. The zero-order chi connectivity index (χ0) is 21.0. The van der Waals surface area contributed by atoms with Gasteiger partial charge < -0.3 is 18.9 Å². The van der Waals surface area contributed by atoms with Crippen molar-refractivity contribution in [1.29, 1.82) is 0 Å². The molecule has 1 heterocycles. The molecule has 0 aliphatic carbocycles. The Bertz CT molecular complexity index is 1020. The van der Waals surface area contributed by atoms with Gasteiger partial charge in [-0.1, -0.05) is 6.07 Å². The van der Waals surface area contributed by atoms with Crippen molar-refractivity contribution in [1.82, 2.24) is 4.98 Å². The lowest BCUT2D eigenvalue weighted by atomic mass is 10.1. The van der Waals surface area contributed by atoms with Gasteiger partial charge in [0.2, 0.25) is 0 Å². The Morgan fingerprint density at radius 1 is 0.931 bits per heavy atom. The van der Waals surface area contributed by atoms with Crippen molar-refractivity contribution in [2.75, 3.05) is 14.2 Å². The number of esters is 1. The molecule has 3 rings (SSSR count). The van der Waals surface area contributed by atoms with Crippen LogP contribution in [0.15, 0.2) is 48.7 Å². The molecule has 3 aromatic rings. The average Bonchev–Trinajstić information content (AvgIpc) is 2.67. The molecular weight excluding hydrogens is 370 g/mol. The van der Waals surface area contributed by atoms with Crippen LogP contribution in [0.25, 0.3) is 10.9 Å². The Morgan fingerprint density at radius 2 is 1.69 bits per heavy atom. The van der Waals surface area contributed by atoms with E-state index in [1.54, 1.807) is 38.6 Å². The predicted octanol–water partition coefficient (Wildman–Crippen LogP) is 4.93. The maximum Gasteiger partial charge on any atom is 0.310 e. The highest BCUT2D eigenvalue weighted by atomic mass is 16.6. The van der Waals surface area contributed by atoms with Crippen molar-refractivity contribution in [3.8, 4) is 23.0 Å². The van der Waals surface area contributed by atoms with Crippen LogP contribution in [0.5, 0.6) is 23.0 Å². The molecule has 0 amide bonds. The number of nitrogens with zero attached hydrogens (tertiary/aromatic N) is 1. The molecule has 0 radical (unpaired) electrons. The lowest BCUT2D eigenvalue weighted by Crippen LogP contribution is -2.25. The summed E-state index contributed by atoms with van der Waals surface area (Å²) < 4.78 is 22.2. The number of aromatic nitrogens is 1. The first-order valence-electron chi connectivity index (χ1n) is 9.28. The van der Waals surface area contributed by atoms with Crippen LogP contribution in [0.3, 0.4) is 0 Å². The fourth-order valence-corrected chi connectivity index (χ4v) is 2.91. The SMILES string of the molecule is COc1ccc2c(Oc3ccc(CC(=O)OC(C)(C)C)c(OC)c3)ccnc2c1. The zero-order valence-corrected chi connectivity index (χ0v) is 17.3. The van der Waals surface area contributed by atoms with Crippen molar-refractivity contribution in [3.05, 3.63) is 54.2 Å². The summed E-state index contributed by atoms with van der Waals surface area (Å²) in [6, 6.07) is 12.8. The smallest absolute Gasteiger partial charge is 0.310 e. The fraction of sp³-hybridized carbons (Fsp3) is 0.304. The summed E-state index contributed by atoms with van der Waals surface area (Å²) in [5.74, 6) is 2.25. The number of rotatable bonds is 6. The van der Waals surface area contributed by atoms with Gasteiger partial charge in [-0.3, -0.25) is 9.78 Å². The van der Waals surface area contributed by atoms with E-state index < -0.39 is 5.60 Å². The van der Waals surface area contributed by atoms with Gasteiger partial charge in [0.15, 0.2) is 0 Å². The summed E-state index contributed by atoms with van der Waals surface area (Å²) >= 11 is 0. The number of hydrogen-bond donors (Lipinski definition) is 0. The molecule has 0 aliphatic heterocycles. The Balaban J connectivity index is 1.84.